The van der Waals surface area contributed by atoms with Crippen molar-refractivity contribution in [1.82, 2.24) is 0 Å². The fourth-order valence-electron chi connectivity index (χ4n) is 1.89. The molecule has 0 aliphatic heterocycles. The molecule has 0 unspecified atom stereocenters. The fourth-order valence-corrected chi connectivity index (χ4v) is 2.17. The van der Waals surface area contributed by atoms with Crippen LogP contribution in [0.4, 0.5) is 5.69 Å². The van der Waals surface area contributed by atoms with Gasteiger partial charge in [0.1, 0.15) is 11.5 Å². The van der Waals surface area contributed by atoms with Crippen molar-refractivity contribution in [3.8, 4) is 11.5 Å². The first-order chi connectivity index (χ1) is 10.0. The first kappa shape index (κ1) is 15.2. The molecule has 110 valence electrons. The molecule has 2 aromatic rings. The lowest BCUT2D eigenvalue weighted by Gasteiger charge is -2.10. The van der Waals surface area contributed by atoms with Crippen LogP contribution in [0.5, 0.6) is 11.5 Å². The zero-order chi connectivity index (χ0) is 15.4. The predicted octanol–water partition coefficient (Wildman–Crippen LogP) is 4.01. The zero-order valence-corrected chi connectivity index (χ0v) is 12.6. The van der Waals surface area contributed by atoms with E-state index < -0.39 is 0 Å². The summed E-state index contributed by atoms with van der Waals surface area (Å²) >= 11 is 5.93. The topological polar surface area (TPSA) is 58.6 Å². The number of ether oxygens (including phenoxy) is 1. The van der Waals surface area contributed by atoms with Crippen LogP contribution in [0.1, 0.15) is 22.8 Å². The number of carbonyl (C=O) groups is 1. The van der Waals surface area contributed by atoms with Crippen LogP contribution >= 0.6 is 11.6 Å². The summed E-state index contributed by atoms with van der Waals surface area (Å²) in [4.78, 5) is 12.2. The van der Waals surface area contributed by atoms with Gasteiger partial charge in [-0.15, -0.1) is 0 Å². The number of amides is 1. The lowest BCUT2D eigenvalue weighted by Crippen LogP contribution is -2.12. The van der Waals surface area contributed by atoms with Crippen molar-refractivity contribution in [1.29, 1.82) is 0 Å². The van der Waals surface area contributed by atoms with E-state index in [1.54, 1.807) is 37.3 Å². The quantitative estimate of drug-likeness (QED) is 0.839. The van der Waals surface area contributed by atoms with E-state index in [1.165, 1.54) is 6.07 Å². The summed E-state index contributed by atoms with van der Waals surface area (Å²) in [6.07, 6.45) is 0. The standard InChI is InChI=1S/C16H16ClNO3/c1-3-21-13-6-4-11(5-7-13)16(20)18-14-9-12(17)8-10(2)15(14)19/h4-9,19H,3H2,1-2H3,(H,18,20). The van der Waals surface area contributed by atoms with Crippen molar-refractivity contribution in [2.75, 3.05) is 11.9 Å². The Bertz CT molecular complexity index is 653. The van der Waals surface area contributed by atoms with E-state index in [4.69, 9.17) is 16.3 Å². The monoisotopic (exact) mass is 305 g/mol. The number of phenolic OH excluding ortho intramolecular Hbond substituents is 1. The molecule has 0 atom stereocenters. The zero-order valence-electron chi connectivity index (χ0n) is 11.8. The second-order valence-corrected chi connectivity index (χ2v) is 4.97. The van der Waals surface area contributed by atoms with Gasteiger partial charge in [-0.2, -0.15) is 0 Å². The van der Waals surface area contributed by atoms with Gasteiger partial charge >= 0.3 is 0 Å². The highest BCUT2D eigenvalue weighted by Gasteiger charge is 2.11. The Morgan fingerprint density at radius 3 is 2.57 bits per heavy atom. The van der Waals surface area contributed by atoms with Crippen molar-refractivity contribution in [2.24, 2.45) is 0 Å². The maximum absolute atomic E-state index is 12.2. The number of nitrogens with one attached hydrogen (secondary N) is 1. The molecular weight excluding hydrogens is 290 g/mol. The third-order valence-electron chi connectivity index (χ3n) is 2.94. The van der Waals surface area contributed by atoms with Gasteiger partial charge in [-0.25, -0.2) is 0 Å². The number of anilines is 1. The van der Waals surface area contributed by atoms with Crippen LogP contribution < -0.4 is 10.1 Å². The van der Waals surface area contributed by atoms with E-state index in [1.807, 2.05) is 6.92 Å². The summed E-state index contributed by atoms with van der Waals surface area (Å²) in [6.45, 7) is 4.18. The van der Waals surface area contributed by atoms with Crippen molar-refractivity contribution in [2.45, 2.75) is 13.8 Å². The third kappa shape index (κ3) is 3.67. The van der Waals surface area contributed by atoms with Crippen LogP contribution in [0.2, 0.25) is 5.02 Å². The van der Waals surface area contributed by atoms with Gasteiger partial charge in [0.25, 0.3) is 5.91 Å². The minimum atomic E-state index is -0.324. The average Bonchev–Trinajstić information content (AvgIpc) is 2.45. The molecule has 2 rings (SSSR count). The molecule has 1 amide bonds. The minimum Gasteiger partial charge on any atom is -0.505 e. The normalized spacial score (nSPS) is 10.2. The molecule has 0 fully saturated rings. The molecule has 4 nitrogen and oxygen atoms in total. The van der Waals surface area contributed by atoms with Gasteiger partial charge < -0.3 is 15.2 Å². The molecule has 5 heteroatoms. The molecule has 0 saturated heterocycles. The highest BCUT2D eigenvalue weighted by molar-refractivity contribution is 6.31. The van der Waals surface area contributed by atoms with Gasteiger partial charge in [0, 0.05) is 10.6 Å². The average molecular weight is 306 g/mol. The van der Waals surface area contributed by atoms with Crippen LogP contribution in [-0.4, -0.2) is 17.6 Å². The lowest BCUT2D eigenvalue weighted by molar-refractivity contribution is 0.102. The van der Waals surface area contributed by atoms with E-state index >= 15 is 0 Å². The van der Waals surface area contributed by atoms with Crippen molar-refractivity contribution in [3.63, 3.8) is 0 Å². The number of hydrogen-bond acceptors (Lipinski definition) is 3. The number of aromatic hydroxyl groups is 1. The second kappa shape index (κ2) is 6.50. The summed E-state index contributed by atoms with van der Waals surface area (Å²) in [5, 5.41) is 13.0. The van der Waals surface area contributed by atoms with Crippen molar-refractivity contribution in [3.05, 3.63) is 52.5 Å². The summed E-state index contributed by atoms with van der Waals surface area (Å²) in [7, 11) is 0. The van der Waals surface area contributed by atoms with E-state index in [0.29, 0.717) is 34.2 Å². The van der Waals surface area contributed by atoms with E-state index in [9.17, 15) is 9.90 Å². The van der Waals surface area contributed by atoms with Crippen molar-refractivity contribution < 1.29 is 14.6 Å². The Morgan fingerprint density at radius 1 is 1.29 bits per heavy atom. The van der Waals surface area contributed by atoms with Gasteiger partial charge in [0.15, 0.2) is 0 Å². The Kier molecular flexibility index (Phi) is 4.70. The van der Waals surface area contributed by atoms with Crippen molar-refractivity contribution >= 4 is 23.2 Å². The van der Waals surface area contributed by atoms with Gasteiger partial charge in [0.05, 0.1) is 12.3 Å². The second-order valence-electron chi connectivity index (χ2n) is 4.53. The third-order valence-corrected chi connectivity index (χ3v) is 3.16. The molecule has 2 N–H and O–H groups in total. The van der Waals surface area contributed by atoms with Crippen LogP contribution in [0.15, 0.2) is 36.4 Å². The van der Waals surface area contributed by atoms with Gasteiger partial charge in [-0.3, -0.25) is 4.79 Å². The highest BCUT2D eigenvalue weighted by Crippen LogP contribution is 2.31. The number of hydrogen-bond donors (Lipinski definition) is 2. The number of phenols is 1. The molecule has 2 aromatic carbocycles. The first-order valence-corrected chi connectivity index (χ1v) is 6.92. The van der Waals surface area contributed by atoms with E-state index in [-0.39, 0.29) is 11.7 Å². The van der Waals surface area contributed by atoms with E-state index in [2.05, 4.69) is 5.32 Å². The van der Waals surface area contributed by atoms with Gasteiger partial charge in [-0.1, -0.05) is 11.6 Å². The summed E-state index contributed by atoms with van der Waals surface area (Å²) in [5.41, 5.74) is 1.36. The van der Waals surface area contributed by atoms with Crippen LogP contribution in [0.3, 0.4) is 0 Å². The molecule has 0 aromatic heterocycles. The van der Waals surface area contributed by atoms with Crippen LogP contribution in [0.25, 0.3) is 0 Å². The number of benzene rings is 2. The smallest absolute Gasteiger partial charge is 0.255 e. The Hall–Kier alpha value is -2.20. The maximum Gasteiger partial charge on any atom is 0.255 e. The van der Waals surface area contributed by atoms with Gasteiger partial charge in [-0.05, 0) is 55.8 Å². The number of aryl methyl sites for hydroxylation is 1. The first-order valence-electron chi connectivity index (χ1n) is 6.54. The predicted molar refractivity (Wildman–Crippen MR) is 83.4 cm³/mol. The lowest BCUT2D eigenvalue weighted by atomic mass is 10.1. The Balaban J connectivity index is 2.18. The largest absolute Gasteiger partial charge is 0.505 e. The SMILES string of the molecule is CCOc1ccc(C(=O)Nc2cc(Cl)cc(C)c2O)cc1. The van der Waals surface area contributed by atoms with Crippen LogP contribution in [0, 0.1) is 6.92 Å². The molecule has 0 spiro atoms. The molecular formula is C16H16ClNO3. The fraction of sp³-hybridized carbons (Fsp3) is 0.188. The Morgan fingerprint density at radius 2 is 1.95 bits per heavy atom. The maximum atomic E-state index is 12.2. The number of rotatable bonds is 4. The molecule has 0 aliphatic rings. The summed E-state index contributed by atoms with van der Waals surface area (Å²) < 4.78 is 5.32. The van der Waals surface area contributed by atoms with Gasteiger partial charge in [0.2, 0.25) is 0 Å². The van der Waals surface area contributed by atoms with Crippen LogP contribution in [-0.2, 0) is 0 Å². The summed E-state index contributed by atoms with van der Waals surface area (Å²) in [6, 6.07) is 9.91. The molecule has 0 heterocycles. The molecule has 21 heavy (non-hydrogen) atoms. The molecule has 0 saturated carbocycles. The summed E-state index contributed by atoms with van der Waals surface area (Å²) in [5.74, 6) is 0.393. The number of halogens is 1. The Labute approximate surface area is 128 Å². The number of carbonyl (C=O) groups excluding carboxylic acids is 1. The molecule has 0 radical (unpaired) electrons. The minimum absolute atomic E-state index is 0.0127. The molecule has 0 aliphatic carbocycles. The van der Waals surface area contributed by atoms with E-state index in [0.717, 1.165) is 0 Å². The highest BCUT2D eigenvalue weighted by atomic mass is 35.5. The molecule has 0 bridgehead atoms.